The number of allylic oxidation sites excluding steroid dienone is 2. The minimum Gasteiger partial charge on any atom is -0.491 e. The van der Waals surface area contributed by atoms with Gasteiger partial charge in [0.25, 0.3) is 0 Å². The molecule has 41 heavy (non-hydrogen) atoms. The zero-order valence-electron chi connectivity index (χ0n) is 24.8. The first-order chi connectivity index (χ1) is 19.4. The number of nitrogens with two attached hydrogens (primary N) is 1. The van der Waals surface area contributed by atoms with Gasteiger partial charge < -0.3 is 20.5 Å². The summed E-state index contributed by atoms with van der Waals surface area (Å²) in [4.78, 5) is 27.0. The summed E-state index contributed by atoms with van der Waals surface area (Å²) in [5, 5.41) is 10.6. The molecule has 3 N–H and O–H groups in total. The van der Waals surface area contributed by atoms with Crippen molar-refractivity contribution < 1.29 is 19.0 Å². The van der Waals surface area contributed by atoms with E-state index in [9.17, 15) is 14.3 Å². The van der Waals surface area contributed by atoms with E-state index in [1.165, 1.54) is 6.92 Å². The predicted molar refractivity (Wildman–Crippen MR) is 162 cm³/mol. The lowest BCUT2D eigenvalue weighted by molar-refractivity contribution is -0.111. The summed E-state index contributed by atoms with van der Waals surface area (Å²) in [5.74, 6) is 1.45. The van der Waals surface area contributed by atoms with E-state index >= 15 is 0 Å². The maximum absolute atomic E-state index is 13.8. The van der Waals surface area contributed by atoms with Crippen LogP contribution in [-0.4, -0.2) is 77.4 Å². The highest BCUT2D eigenvalue weighted by atomic mass is 35.5. The van der Waals surface area contributed by atoms with Crippen molar-refractivity contribution >= 4 is 28.8 Å². The summed E-state index contributed by atoms with van der Waals surface area (Å²) in [6, 6.07) is 5.23. The Morgan fingerprint density at radius 3 is 2.63 bits per heavy atom. The fraction of sp³-hybridized carbons (Fsp3) is 0.581. The number of anilines is 1. The number of hydrogen-bond acceptors (Lipinski definition) is 8. The van der Waals surface area contributed by atoms with Crippen LogP contribution >= 0.6 is 11.6 Å². The number of ketones is 1. The van der Waals surface area contributed by atoms with Gasteiger partial charge in [0.2, 0.25) is 0 Å². The lowest BCUT2D eigenvalue weighted by atomic mass is 9.73. The summed E-state index contributed by atoms with van der Waals surface area (Å²) in [5.41, 5.74) is 8.83. The third kappa shape index (κ3) is 7.19. The number of aliphatic hydroxyl groups excluding tert-OH is 1. The minimum absolute atomic E-state index is 0.0820. The molecule has 8 nitrogen and oxygen atoms in total. The Balaban J connectivity index is 1.71. The van der Waals surface area contributed by atoms with Crippen LogP contribution in [-0.2, 0) is 4.79 Å². The second kappa shape index (κ2) is 13.0. The smallest absolute Gasteiger partial charge is 0.163 e. The average Bonchev–Trinajstić information content (AvgIpc) is 2.87. The van der Waals surface area contributed by atoms with Gasteiger partial charge in [-0.1, -0.05) is 24.9 Å². The topological polar surface area (TPSA) is 105 Å². The highest BCUT2D eigenvalue weighted by Gasteiger charge is 2.47. The van der Waals surface area contributed by atoms with E-state index in [4.69, 9.17) is 32.0 Å². The largest absolute Gasteiger partial charge is 0.491 e. The first-order valence-electron chi connectivity index (χ1n) is 14.5. The van der Waals surface area contributed by atoms with Crippen LogP contribution in [0.2, 0.25) is 5.02 Å². The van der Waals surface area contributed by atoms with Crippen LogP contribution < -0.4 is 15.4 Å². The Kier molecular flexibility index (Phi) is 9.93. The number of aromatic nitrogens is 2. The molecule has 1 aromatic heterocycles. The van der Waals surface area contributed by atoms with Gasteiger partial charge in [-0.15, -0.1) is 0 Å². The maximum Gasteiger partial charge on any atom is 0.163 e. The molecule has 0 bridgehead atoms. The molecule has 2 aliphatic rings. The molecule has 2 aliphatic heterocycles. The molecular weight excluding hydrogens is 545 g/mol. The number of halogens is 2. The second-order valence-corrected chi connectivity index (χ2v) is 12.2. The van der Waals surface area contributed by atoms with Crippen LogP contribution in [0.1, 0.15) is 64.6 Å². The quantitative estimate of drug-likeness (QED) is 0.346. The zero-order valence-corrected chi connectivity index (χ0v) is 25.6. The van der Waals surface area contributed by atoms with Crippen molar-refractivity contribution in [2.45, 2.75) is 72.6 Å². The first-order valence-corrected chi connectivity index (χ1v) is 14.9. The van der Waals surface area contributed by atoms with Gasteiger partial charge in [0, 0.05) is 48.4 Å². The van der Waals surface area contributed by atoms with Gasteiger partial charge >= 0.3 is 0 Å². The number of alkyl halides is 1. The molecule has 2 fully saturated rings. The molecule has 1 aromatic carbocycles. The van der Waals surface area contributed by atoms with E-state index in [2.05, 4.69) is 9.80 Å². The SMILES string of the molecule is CCC[C@@H](O)COc1ccc(Cl)c(-c2nc(C(C(C)=O)=C(C)N)c(C)c(N3CC4(CCCN(CC(C)F)C4)C3)n2)c1. The Hall–Kier alpha value is -2.75. The number of aliphatic hydroxyl groups is 1. The number of ether oxygens (including phenoxy) is 1. The van der Waals surface area contributed by atoms with Crippen LogP contribution in [0.25, 0.3) is 17.0 Å². The summed E-state index contributed by atoms with van der Waals surface area (Å²) in [6.07, 6.45) is 2.21. The molecule has 0 amide bonds. The standard InChI is InChI=1S/C31H43ClFN5O3/c1-6-8-23(40)15-41-24-9-10-26(32)25(13-24)29-35-28(27(21(4)34)22(5)39)20(3)30(36-29)38-17-31(18-38)11-7-12-37(16-31)14-19(2)33/h9-10,13,19,23,40H,6-8,11-12,14-18,34H2,1-5H3/t19?,23-/m1/s1. The molecular formula is C31H43ClFN5O3. The predicted octanol–water partition coefficient (Wildman–Crippen LogP) is 5.18. The van der Waals surface area contributed by atoms with E-state index in [0.29, 0.717) is 52.1 Å². The van der Waals surface area contributed by atoms with Crippen LogP contribution in [0, 0.1) is 12.3 Å². The van der Waals surface area contributed by atoms with Crippen molar-refractivity contribution in [1.29, 1.82) is 0 Å². The van der Waals surface area contributed by atoms with Gasteiger partial charge in [-0.2, -0.15) is 0 Å². The number of nitrogens with zero attached hydrogens (tertiary/aromatic N) is 4. The van der Waals surface area contributed by atoms with Crippen molar-refractivity contribution in [2.75, 3.05) is 44.2 Å². The molecule has 3 heterocycles. The average molecular weight is 588 g/mol. The summed E-state index contributed by atoms with van der Waals surface area (Å²) < 4.78 is 19.6. The van der Waals surface area contributed by atoms with Gasteiger partial charge in [-0.3, -0.25) is 9.69 Å². The van der Waals surface area contributed by atoms with Crippen LogP contribution in [0.15, 0.2) is 23.9 Å². The third-order valence-electron chi connectivity index (χ3n) is 7.95. The third-order valence-corrected chi connectivity index (χ3v) is 8.28. The molecule has 10 heteroatoms. The van der Waals surface area contributed by atoms with E-state index in [0.717, 1.165) is 56.8 Å². The zero-order chi connectivity index (χ0) is 29.9. The number of piperidine rings is 1. The Bertz CT molecular complexity index is 1290. The molecule has 2 aromatic rings. The van der Waals surface area contributed by atoms with Crippen LogP contribution in [0.4, 0.5) is 10.2 Å². The summed E-state index contributed by atoms with van der Waals surface area (Å²) in [7, 11) is 0. The van der Waals surface area contributed by atoms with E-state index in [1.54, 1.807) is 32.0 Å². The van der Waals surface area contributed by atoms with Crippen molar-refractivity contribution in [3.05, 3.63) is 40.2 Å². The number of carbonyl (C=O) groups is 1. The molecule has 1 spiro atoms. The number of rotatable bonds is 11. The van der Waals surface area contributed by atoms with Gasteiger partial charge in [0.05, 0.1) is 22.4 Å². The summed E-state index contributed by atoms with van der Waals surface area (Å²) in [6.45, 7) is 12.7. The van der Waals surface area contributed by atoms with Crippen LogP contribution in [0.5, 0.6) is 5.75 Å². The van der Waals surface area contributed by atoms with Gasteiger partial charge in [-0.05, 0) is 71.7 Å². The minimum atomic E-state index is -0.855. The Morgan fingerprint density at radius 2 is 2.00 bits per heavy atom. The first kappa shape index (κ1) is 31.2. The molecule has 2 saturated heterocycles. The number of hydrogen-bond donors (Lipinski definition) is 2. The van der Waals surface area contributed by atoms with Crippen molar-refractivity contribution in [3.63, 3.8) is 0 Å². The van der Waals surface area contributed by atoms with Gasteiger partial charge in [0.15, 0.2) is 11.6 Å². The number of Topliss-reactive ketones (excluding diaryl/α,β-unsaturated/α-hetero) is 1. The molecule has 0 aliphatic carbocycles. The molecule has 224 valence electrons. The monoisotopic (exact) mass is 587 g/mol. The number of carbonyl (C=O) groups excluding carboxylic acids is 1. The lowest BCUT2D eigenvalue weighted by Crippen LogP contribution is -2.63. The number of benzene rings is 1. The molecule has 4 rings (SSSR count). The van der Waals surface area contributed by atoms with Crippen LogP contribution in [0.3, 0.4) is 0 Å². The van der Waals surface area contributed by atoms with Crippen molar-refractivity contribution in [2.24, 2.45) is 11.1 Å². The van der Waals surface area contributed by atoms with Gasteiger partial charge in [-0.25, -0.2) is 14.4 Å². The van der Waals surface area contributed by atoms with E-state index in [-0.39, 0.29) is 17.8 Å². The Labute approximate surface area is 247 Å². The Morgan fingerprint density at radius 1 is 1.27 bits per heavy atom. The molecule has 0 radical (unpaired) electrons. The molecule has 1 unspecified atom stereocenters. The highest BCUT2D eigenvalue weighted by Crippen LogP contribution is 2.43. The molecule has 0 saturated carbocycles. The van der Waals surface area contributed by atoms with Crippen molar-refractivity contribution in [3.8, 4) is 17.1 Å². The lowest BCUT2D eigenvalue weighted by Gasteiger charge is -2.55. The fourth-order valence-electron chi connectivity index (χ4n) is 6.18. The van der Waals surface area contributed by atoms with E-state index in [1.807, 2.05) is 13.8 Å². The van der Waals surface area contributed by atoms with Gasteiger partial charge in [0.1, 0.15) is 24.3 Å². The van der Waals surface area contributed by atoms with Crippen molar-refractivity contribution in [1.82, 2.24) is 14.9 Å². The van der Waals surface area contributed by atoms with E-state index < -0.39 is 12.3 Å². The highest BCUT2D eigenvalue weighted by molar-refractivity contribution is 6.33. The summed E-state index contributed by atoms with van der Waals surface area (Å²) >= 11 is 6.66. The second-order valence-electron chi connectivity index (χ2n) is 11.8. The number of likely N-dealkylation sites (tertiary alicyclic amines) is 1. The molecule has 2 atom stereocenters. The maximum atomic E-state index is 13.8. The fourth-order valence-corrected chi connectivity index (χ4v) is 6.38. The normalized spacial score (nSPS) is 19.0.